The average molecular weight is 377 g/mol. The van der Waals surface area contributed by atoms with Gasteiger partial charge >= 0.3 is 6.18 Å². The van der Waals surface area contributed by atoms with Crippen LogP contribution in [0.1, 0.15) is 16.2 Å². The Balaban J connectivity index is 1.78. The van der Waals surface area contributed by atoms with Crippen molar-refractivity contribution < 1.29 is 22.4 Å². The molecule has 0 radical (unpaired) electrons. The van der Waals surface area contributed by atoms with E-state index in [-0.39, 0.29) is 17.2 Å². The van der Waals surface area contributed by atoms with E-state index in [1.807, 2.05) is 0 Å². The molecule has 0 aliphatic carbocycles. The topological polar surface area (TPSA) is 79.8 Å². The van der Waals surface area contributed by atoms with Crippen LogP contribution >= 0.6 is 0 Å². The molecule has 0 saturated carbocycles. The second-order valence-corrected chi connectivity index (χ2v) is 5.27. The van der Waals surface area contributed by atoms with Gasteiger partial charge in [0.2, 0.25) is 0 Å². The van der Waals surface area contributed by atoms with Crippen LogP contribution in [0.15, 0.2) is 55.0 Å². The highest BCUT2D eigenvalue weighted by atomic mass is 19.4. The summed E-state index contributed by atoms with van der Waals surface area (Å²) >= 11 is 0. The Labute approximate surface area is 150 Å². The van der Waals surface area contributed by atoms with E-state index >= 15 is 0 Å². The van der Waals surface area contributed by atoms with Gasteiger partial charge in [0.05, 0.1) is 11.9 Å². The van der Waals surface area contributed by atoms with Crippen LogP contribution in [-0.4, -0.2) is 20.9 Å². The van der Waals surface area contributed by atoms with E-state index in [1.165, 1.54) is 36.7 Å². The molecule has 3 aromatic rings. The van der Waals surface area contributed by atoms with Gasteiger partial charge < -0.3 is 10.6 Å². The third kappa shape index (κ3) is 4.54. The summed E-state index contributed by atoms with van der Waals surface area (Å²) in [5.41, 5.74) is -0.631. The normalized spacial score (nSPS) is 11.1. The van der Waals surface area contributed by atoms with Gasteiger partial charge in [0.15, 0.2) is 11.5 Å². The quantitative estimate of drug-likeness (QED) is 0.671. The van der Waals surface area contributed by atoms with Gasteiger partial charge in [-0.05, 0) is 36.4 Å². The lowest BCUT2D eigenvalue weighted by Crippen LogP contribution is -2.17. The number of hydrogen-bond acceptors (Lipinski definition) is 5. The first-order chi connectivity index (χ1) is 12.8. The molecule has 1 aromatic carbocycles. The number of alkyl halides is 3. The maximum Gasteiger partial charge on any atom is 0.433 e. The van der Waals surface area contributed by atoms with E-state index in [2.05, 4.69) is 25.6 Å². The van der Waals surface area contributed by atoms with Crippen LogP contribution in [0.25, 0.3) is 0 Å². The lowest BCUT2D eigenvalue weighted by Gasteiger charge is -2.11. The summed E-state index contributed by atoms with van der Waals surface area (Å²) in [7, 11) is 0. The molecular formula is C17H11F4N5O. The zero-order valence-electron chi connectivity index (χ0n) is 13.5. The first-order valence-corrected chi connectivity index (χ1v) is 7.51. The molecule has 27 heavy (non-hydrogen) atoms. The van der Waals surface area contributed by atoms with Crippen molar-refractivity contribution in [3.63, 3.8) is 0 Å². The number of hydrogen-bond donors (Lipinski definition) is 2. The number of amides is 1. The molecule has 6 nitrogen and oxygen atoms in total. The first kappa shape index (κ1) is 18.2. The van der Waals surface area contributed by atoms with Crippen molar-refractivity contribution in [3.8, 4) is 0 Å². The summed E-state index contributed by atoms with van der Waals surface area (Å²) in [6, 6.07) is 7.19. The molecule has 0 aliphatic heterocycles. The van der Waals surface area contributed by atoms with Gasteiger partial charge in [-0.2, -0.15) is 13.2 Å². The smallest absolute Gasteiger partial charge is 0.338 e. The van der Waals surface area contributed by atoms with Crippen LogP contribution < -0.4 is 10.6 Å². The number of aromatic nitrogens is 3. The van der Waals surface area contributed by atoms with Crippen LogP contribution in [0.2, 0.25) is 0 Å². The van der Waals surface area contributed by atoms with E-state index in [0.717, 1.165) is 18.3 Å². The predicted octanol–water partition coefficient (Wildman–Crippen LogP) is 4.03. The molecule has 0 atom stereocenters. The van der Waals surface area contributed by atoms with Gasteiger partial charge in [-0.25, -0.2) is 19.3 Å². The van der Waals surface area contributed by atoms with Crippen molar-refractivity contribution in [2.75, 3.05) is 10.6 Å². The number of pyridine rings is 1. The number of rotatable bonds is 4. The van der Waals surface area contributed by atoms with Crippen LogP contribution in [0.3, 0.4) is 0 Å². The van der Waals surface area contributed by atoms with Crippen LogP contribution in [0.4, 0.5) is 34.8 Å². The summed E-state index contributed by atoms with van der Waals surface area (Å²) in [5, 5.41) is 5.23. The molecule has 2 heterocycles. The second kappa shape index (κ2) is 7.36. The molecular weight excluding hydrogens is 366 g/mol. The molecule has 0 saturated heterocycles. The third-order valence-corrected chi connectivity index (χ3v) is 3.33. The minimum atomic E-state index is -4.57. The number of carbonyl (C=O) groups excluding carboxylic acids is 1. The molecule has 0 spiro atoms. The van der Waals surface area contributed by atoms with E-state index in [9.17, 15) is 22.4 Å². The Morgan fingerprint density at radius 3 is 2.19 bits per heavy atom. The highest BCUT2D eigenvalue weighted by Crippen LogP contribution is 2.28. The van der Waals surface area contributed by atoms with Gasteiger partial charge in [-0.3, -0.25) is 4.79 Å². The summed E-state index contributed by atoms with van der Waals surface area (Å²) in [4.78, 5) is 23.6. The van der Waals surface area contributed by atoms with E-state index in [0.29, 0.717) is 5.69 Å². The Bertz CT molecular complexity index is 943. The van der Waals surface area contributed by atoms with Crippen molar-refractivity contribution in [2.24, 2.45) is 0 Å². The molecule has 0 unspecified atom stereocenters. The minimum Gasteiger partial charge on any atom is -0.338 e. The zero-order valence-corrected chi connectivity index (χ0v) is 13.5. The summed E-state index contributed by atoms with van der Waals surface area (Å²) in [6.07, 6.45) is -1.04. The van der Waals surface area contributed by atoms with Crippen molar-refractivity contribution in [3.05, 3.63) is 72.2 Å². The van der Waals surface area contributed by atoms with Gasteiger partial charge in [-0.1, -0.05) is 0 Å². The van der Waals surface area contributed by atoms with Crippen LogP contribution in [0, 0.1) is 5.82 Å². The number of anilines is 3. The lowest BCUT2D eigenvalue weighted by atomic mass is 10.3. The number of nitrogens with zero attached hydrogens (tertiary/aromatic N) is 3. The number of nitrogens with one attached hydrogen (secondary N) is 2. The Morgan fingerprint density at radius 2 is 1.56 bits per heavy atom. The average Bonchev–Trinajstić information content (AvgIpc) is 2.64. The Hall–Kier alpha value is -3.56. The minimum absolute atomic E-state index is 0.0615. The highest BCUT2D eigenvalue weighted by molar-refractivity contribution is 6.06. The van der Waals surface area contributed by atoms with Gasteiger partial charge in [0, 0.05) is 18.1 Å². The molecule has 0 bridgehead atoms. The molecule has 2 N–H and O–H groups in total. The third-order valence-electron chi connectivity index (χ3n) is 3.33. The Morgan fingerprint density at radius 1 is 0.889 bits per heavy atom. The number of halogens is 4. The van der Waals surface area contributed by atoms with Gasteiger partial charge in [0.25, 0.3) is 5.91 Å². The predicted molar refractivity (Wildman–Crippen MR) is 88.9 cm³/mol. The zero-order chi connectivity index (χ0) is 19.4. The molecule has 0 aliphatic rings. The molecule has 2 aromatic heterocycles. The molecule has 10 heteroatoms. The molecule has 138 valence electrons. The van der Waals surface area contributed by atoms with Crippen LogP contribution in [0.5, 0.6) is 0 Å². The molecule has 0 fully saturated rings. The maximum absolute atomic E-state index is 13.0. The summed E-state index contributed by atoms with van der Waals surface area (Å²) in [5.74, 6) is -1.02. The SMILES string of the molecule is O=C(Nc1ccc(C(F)(F)F)nc1)c1nccnc1Nc1ccc(F)cc1. The fourth-order valence-corrected chi connectivity index (χ4v) is 2.09. The van der Waals surface area contributed by atoms with Crippen molar-refractivity contribution >= 4 is 23.1 Å². The summed E-state index contributed by atoms with van der Waals surface area (Å²) in [6.45, 7) is 0. The number of benzene rings is 1. The van der Waals surface area contributed by atoms with E-state index in [4.69, 9.17) is 0 Å². The number of carbonyl (C=O) groups is 1. The summed E-state index contributed by atoms with van der Waals surface area (Å²) < 4.78 is 50.6. The first-order valence-electron chi connectivity index (χ1n) is 7.51. The molecule has 1 amide bonds. The molecule has 3 rings (SSSR count). The fourth-order valence-electron chi connectivity index (χ4n) is 2.09. The van der Waals surface area contributed by atoms with Gasteiger partial charge in [0.1, 0.15) is 11.5 Å². The Kier molecular flexibility index (Phi) is 4.97. The van der Waals surface area contributed by atoms with Crippen LogP contribution in [-0.2, 0) is 6.18 Å². The van der Waals surface area contributed by atoms with E-state index < -0.39 is 23.6 Å². The monoisotopic (exact) mass is 377 g/mol. The standard InChI is InChI=1S/C17H11F4N5O/c18-10-1-3-11(4-2-10)25-15-14(22-7-8-23-15)16(27)26-12-5-6-13(24-9-12)17(19,20)21/h1-9H,(H,23,25)(H,26,27). The second-order valence-electron chi connectivity index (χ2n) is 5.27. The van der Waals surface area contributed by atoms with Crippen molar-refractivity contribution in [1.82, 2.24) is 15.0 Å². The van der Waals surface area contributed by atoms with Gasteiger partial charge in [-0.15, -0.1) is 0 Å². The maximum atomic E-state index is 13.0. The fraction of sp³-hybridized carbons (Fsp3) is 0.0588. The van der Waals surface area contributed by atoms with Crippen molar-refractivity contribution in [2.45, 2.75) is 6.18 Å². The lowest BCUT2D eigenvalue weighted by molar-refractivity contribution is -0.141. The van der Waals surface area contributed by atoms with E-state index in [1.54, 1.807) is 0 Å². The highest BCUT2D eigenvalue weighted by Gasteiger charge is 2.32. The van der Waals surface area contributed by atoms with Crippen molar-refractivity contribution in [1.29, 1.82) is 0 Å². The largest absolute Gasteiger partial charge is 0.433 e.